The summed E-state index contributed by atoms with van der Waals surface area (Å²) in [5.74, 6) is 1.11. The van der Waals surface area contributed by atoms with Crippen LogP contribution in [-0.4, -0.2) is 67.7 Å². The fourth-order valence-electron chi connectivity index (χ4n) is 4.14. The topological polar surface area (TPSA) is 59.3 Å². The van der Waals surface area contributed by atoms with E-state index in [1.807, 2.05) is 24.8 Å². The van der Waals surface area contributed by atoms with E-state index >= 15 is 0 Å². The Bertz CT molecular complexity index is 690. The van der Waals surface area contributed by atoms with E-state index in [0.717, 1.165) is 44.0 Å². The number of nitrogens with zero attached hydrogens (tertiary/aromatic N) is 6. The molecule has 2 fully saturated rings. The van der Waals surface area contributed by atoms with Crippen LogP contribution in [0.25, 0.3) is 0 Å². The summed E-state index contributed by atoms with van der Waals surface area (Å²) in [7, 11) is 4.24. The number of fused-ring (bicyclic) bond motifs is 1. The highest BCUT2D eigenvalue weighted by molar-refractivity contribution is 5.06. The second-order valence-corrected chi connectivity index (χ2v) is 7.16. The molecule has 25 heavy (non-hydrogen) atoms. The van der Waals surface area contributed by atoms with Crippen molar-refractivity contribution in [2.24, 2.45) is 7.05 Å². The van der Waals surface area contributed by atoms with Crippen LogP contribution in [0.2, 0.25) is 0 Å². The van der Waals surface area contributed by atoms with Gasteiger partial charge in [-0.15, -0.1) is 0 Å². The zero-order valence-electron chi connectivity index (χ0n) is 15.0. The molecule has 0 N–H and O–H groups in total. The standard InChI is InChI=1S/C18H26N6O/c1-22-6-5-21-17(22)12-24-11-16(18-15(24)4-3-7-25-18)23(2)10-14-8-19-13-20-9-14/h5-6,8-9,13,15-16,18H,3-4,7,10-12H2,1-2H3/t15-,16-,18+/m1/s1. The third-order valence-corrected chi connectivity index (χ3v) is 5.48. The zero-order valence-corrected chi connectivity index (χ0v) is 15.0. The Balaban J connectivity index is 1.49. The molecule has 2 saturated heterocycles. The largest absolute Gasteiger partial charge is 0.375 e. The minimum Gasteiger partial charge on any atom is -0.375 e. The van der Waals surface area contributed by atoms with Crippen molar-refractivity contribution in [2.45, 2.75) is 44.1 Å². The van der Waals surface area contributed by atoms with Gasteiger partial charge in [0.2, 0.25) is 0 Å². The van der Waals surface area contributed by atoms with Crippen molar-refractivity contribution in [3.05, 3.63) is 42.5 Å². The van der Waals surface area contributed by atoms with Crippen molar-refractivity contribution in [1.29, 1.82) is 0 Å². The van der Waals surface area contributed by atoms with Gasteiger partial charge >= 0.3 is 0 Å². The van der Waals surface area contributed by atoms with E-state index in [2.05, 4.69) is 43.4 Å². The molecule has 134 valence electrons. The van der Waals surface area contributed by atoms with Gasteiger partial charge in [0.25, 0.3) is 0 Å². The second-order valence-electron chi connectivity index (χ2n) is 7.16. The first-order valence-corrected chi connectivity index (χ1v) is 8.98. The summed E-state index contributed by atoms with van der Waals surface area (Å²) < 4.78 is 8.32. The molecular formula is C18H26N6O. The number of hydrogen-bond acceptors (Lipinski definition) is 6. The predicted octanol–water partition coefficient (Wildman–Crippen LogP) is 1.07. The van der Waals surface area contributed by atoms with Crippen LogP contribution in [-0.2, 0) is 24.9 Å². The van der Waals surface area contributed by atoms with Crippen LogP contribution in [0.1, 0.15) is 24.2 Å². The van der Waals surface area contributed by atoms with Crippen LogP contribution >= 0.6 is 0 Å². The molecule has 4 heterocycles. The third-order valence-electron chi connectivity index (χ3n) is 5.48. The molecule has 3 atom stereocenters. The van der Waals surface area contributed by atoms with Crippen LogP contribution in [0.4, 0.5) is 0 Å². The number of likely N-dealkylation sites (tertiary alicyclic amines) is 1. The van der Waals surface area contributed by atoms with Crippen molar-refractivity contribution in [2.75, 3.05) is 20.2 Å². The van der Waals surface area contributed by atoms with Gasteiger partial charge < -0.3 is 9.30 Å². The normalized spacial score (nSPS) is 26.9. The van der Waals surface area contributed by atoms with Crippen molar-refractivity contribution in [1.82, 2.24) is 29.3 Å². The Labute approximate surface area is 148 Å². The Kier molecular flexibility index (Phi) is 4.78. The Morgan fingerprint density at radius 1 is 1.32 bits per heavy atom. The van der Waals surface area contributed by atoms with Crippen molar-refractivity contribution in [3.63, 3.8) is 0 Å². The van der Waals surface area contributed by atoms with Crippen LogP contribution in [0.15, 0.2) is 31.1 Å². The summed E-state index contributed by atoms with van der Waals surface area (Å²) in [6.07, 6.45) is 11.9. The number of imidazole rings is 1. The van der Waals surface area contributed by atoms with Gasteiger partial charge in [-0.05, 0) is 19.9 Å². The molecule has 0 aromatic carbocycles. The molecular weight excluding hydrogens is 316 g/mol. The van der Waals surface area contributed by atoms with Crippen LogP contribution < -0.4 is 0 Å². The first kappa shape index (κ1) is 16.6. The van der Waals surface area contributed by atoms with Gasteiger partial charge in [0.05, 0.1) is 18.7 Å². The van der Waals surface area contributed by atoms with E-state index in [1.165, 1.54) is 6.42 Å². The summed E-state index contributed by atoms with van der Waals surface area (Å²) in [4.78, 5) is 17.7. The molecule has 0 unspecified atom stereocenters. The SMILES string of the molecule is CN(Cc1cncnc1)[C@@H]1CN(Cc2nccn2C)[C@@H]2CCCO[C@H]12. The summed E-state index contributed by atoms with van der Waals surface area (Å²) in [6.45, 7) is 3.60. The maximum absolute atomic E-state index is 6.21. The molecule has 7 heteroatoms. The first-order chi connectivity index (χ1) is 12.2. The average molecular weight is 342 g/mol. The molecule has 0 bridgehead atoms. The predicted molar refractivity (Wildman–Crippen MR) is 93.7 cm³/mol. The molecule has 0 aliphatic carbocycles. The molecule has 2 aromatic heterocycles. The Morgan fingerprint density at radius 3 is 2.92 bits per heavy atom. The van der Waals surface area contributed by atoms with E-state index in [0.29, 0.717) is 12.1 Å². The highest BCUT2D eigenvalue weighted by Crippen LogP contribution is 2.32. The van der Waals surface area contributed by atoms with E-state index in [1.54, 1.807) is 6.33 Å². The summed E-state index contributed by atoms with van der Waals surface area (Å²) in [5.41, 5.74) is 1.14. The molecule has 2 aliphatic heterocycles. The molecule has 0 saturated carbocycles. The van der Waals surface area contributed by atoms with Crippen LogP contribution in [0.5, 0.6) is 0 Å². The summed E-state index contributed by atoms with van der Waals surface area (Å²) in [6, 6.07) is 0.857. The van der Waals surface area contributed by atoms with Gasteiger partial charge in [-0.3, -0.25) is 9.80 Å². The lowest BCUT2D eigenvalue weighted by Crippen LogP contribution is -2.46. The highest BCUT2D eigenvalue weighted by atomic mass is 16.5. The third kappa shape index (κ3) is 3.44. The molecule has 0 radical (unpaired) electrons. The van der Waals surface area contributed by atoms with Gasteiger partial charge in [-0.1, -0.05) is 0 Å². The zero-order chi connectivity index (χ0) is 17.2. The minimum atomic E-state index is 0.267. The molecule has 2 aliphatic rings. The van der Waals surface area contributed by atoms with Crippen LogP contribution in [0.3, 0.4) is 0 Å². The van der Waals surface area contributed by atoms with Crippen molar-refractivity contribution < 1.29 is 4.74 Å². The summed E-state index contributed by atoms with van der Waals surface area (Å²) in [5, 5.41) is 0. The van der Waals surface area contributed by atoms with Crippen molar-refractivity contribution in [3.8, 4) is 0 Å². The maximum Gasteiger partial charge on any atom is 0.122 e. The monoisotopic (exact) mass is 342 g/mol. The number of aryl methyl sites for hydroxylation is 1. The van der Waals surface area contributed by atoms with Gasteiger partial charge in [-0.25, -0.2) is 15.0 Å². The number of ether oxygens (including phenoxy) is 1. The van der Waals surface area contributed by atoms with Gasteiger partial charge in [0.1, 0.15) is 12.2 Å². The number of likely N-dealkylation sites (N-methyl/N-ethyl adjacent to an activating group) is 1. The fourth-order valence-corrected chi connectivity index (χ4v) is 4.14. The van der Waals surface area contributed by atoms with E-state index < -0.39 is 0 Å². The highest BCUT2D eigenvalue weighted by Gasteiger charge is 2.45. The smallest absolute Gasteiger partial charge is 0.122 e. The minimum absolute atomic E-state index is 0.267. The second kappa shape index (κ2) is 7.19. The first-order valence-electron chi connectivity index (χ1n) is 8.98. The van der Waals surface area contributed by atoms with Crippen molar-refractivity contribution >= 4 is 0 Å². The lowest BCUT2D eigenvalue weighted by atomic mass is 10.00. The molecule has 4 rings (SSSR count). The summed E-state index contributed by atoms with van der Waals surface area (Å²) >= 11 is 0. The van der Waals surface area contributed by atoms with E-state index in [-0.39, 0.29) is 6.10 Å². The Hall–Kier alpha value is -1.83. The molecule has 0 spiro atoms. The Morgan fingerprint density at radius 2 is 2.16 bits per heavy atom. The van der Waals surface area contributed by atoms with Crippen LogP contribution in [0, 0.1) is 0 Å². The van der Waals surface area contributed by atoms with Gasteiger partial charge in [-0.2, -0.15) is 0 Å². The number of hydrogen-bond donors (Lipinski definition) is 0. The van der Waals surface area contributed by atoms with E-state index in [4.69, 9.17) is 4.74 Å². The van der Waals surface area contributed by atoms with Gasteiger partial charge in [0.15, 0.2) is 0 Å². The average Bonchev–Trinajstić information content (AvgIpc) is 3.21. The lowest BCUT2D eigenvalue weighted by Gasteiger charge is -2.34. The molecule has 0 amide bonds. The maximum atomic E-state index is 6.21. The van der Waals surface area contributed by atoms with Gasteiger partial charge in [0, 0.05) is 63.1 Å². The number of rotatable bonds is 5. The molecule has 2 aromatic rings. The lowest BCUT2D eigenvalue weighted by molar-refractivity contribution is -0.0388. The fraction of sp³-hybridized carbons (Fsp3) is 0.611. The molecule has 7 nitrogen and oxygen atoms in total. The van der Waals surface area contributed by atoms with E-state index in [9.17, 15) is 0 Å². The quantitative estimate of drug-likeness (QED) is 0.810. The number of aromatic nitrogens is 4.